The van der Waals surface area contributed by atoms with E-state index >= 15 is 0 Å². The van der Waals surface area contributed by atoms with Crippen molar-refractivity contribution in [2.45, 2.75) is 0 Å². The Morgan fingerprint density at radius 2 is 2.10 bits per heavy atom. The predicted molar refractivity (Wildman–Crippen MR) is 80.1 cm³/mol. The first-order valence-electron chi connectivity index (χ1n) is 7.02. The van der Waals surface area contributed by atoms with Gasteiger partial charge in [0.25, 0.3) is 5.91 Å². The molecule has 2 N–H and O–H groups in total. The summed E-state index contributed by atoms with van der Waals surface area (Å²) in [6.07, 6.45) is 1.66. The van der Waals surface area contributed by atoms with E-state index in [0.29, 0.717) is 5.69 Å². The van der Waals surface area contributed by atoms with Gasteiger partial charge in [0, 0.05) is 58.2 Å². The SMILES string of the molecule is CNC(=O)c1cc(NCCN2CCN(C)CC2)ccn1. The zero-order valence-corrected chi connectivity index (χ0v) is 12.2. The second-order valence-electron chi connectivity index (χ2n) is 5.08. The van der Waals surface area contributed by atoms with Gasteiger partial charge in [-0.1, -0.05) is 0 Å². The molecule has 2 rings (SSSR count). The van der Waals surface area contributed by atoms with E-state index in [4.69, 9.17) is 0 Å². The summed E-state index contributed by atoms with van der Waals surface area (Å²) in [7, 11) is 3.77. The van der Waals surface area contributed by atoms with Gasteiger partial charge in [-0.2, -0.15) is 0 Å². The number of hydrogen-bond donors (Lipinski definition) is 2. The summed E-state index contributed by atoms with van der Waals surface area (Å²) in [6.45, 7) is 6.41. The number of rotatable bonds is 5. The molecule has 1 fully saturated rings. The number of nitrogens with zero attached hydrogens (tertiary/aromatic N) is 3. The van der Waals surface area contributed by atoms with E-state index in [9.17, 15) is 4.79 Å². The van der Waals surface area contributed by atoms with Crippen LogP contribution in [-0.2, 0) is 0 Å². The van der Waals surface area contributed by atoms with Crippen LogP contribution in [0, 0.1) is 0 Å². The maximum atomic E-state index is 11.5. The Hall–Kier alpha value is -1.66. The number of hydrogen-bond acceptors (Lipinski definition) is 5. The van der Waals surface area contributed by atoms with Gasteiger partial charge >= 0.3 is 0 Å². The quantitative estimate of drug-likeness (QED) is 0.799. The minimum absolute atomic E-state index is 0.160. The molecule has 0 atom stereocenters. The van der Waals surface area contributed by atoms with Gasteiger partial charge < -0.3 is 15.5 Å². The molecule has 0 unspecified atom stereocenters. The molecule has 0 aromatic carbocycles. The largest absolute Gasteiger partial charge is 0.384 e. The first-order valence-corrected chi connectivity index (χ1v) is 7.02. The third-order valence-electron chi connectivity index (χ3n) is 3.57. The van der Waals surface area contributed by atoms with Crippen molar-refractivity contribution in [2.24, 2.45) is 0 Å². The summed E-state index contributed by atoms with van der Waals surface area (Å²) in [5.41, 5.74) is 1.38. The van der Waals surface area contributed by atoms with Crippen LogP contribution in [-0.4, -0.2) is 74.1 Å². The number of likely N-dealkylation sites (N-methyl/N-ethyl adjacent to an activating group) is 1. The molecule has 1 aromatic heterocycles. The van der Waals surface area contributed by atoms with Crippen LogP contribution in [0.4, 0.5) is 5.69 Å². The highest BCUT2D eigenvalue weighted by Crippen LogP contribution is 2.08. The van der Waals surface area contributed by atoms with Crippen LogP contribution < -0.4 is 10.6 Å². The predicted octanol–water partition coefficient (Wildman–Crippen LogP) is 0.101. The van der Waals surface area contributed by atoms with Crippen LogP contribution in [0.15, 0.2) is 18.3 Å². The van der Waals surface area contributed by atoms with Crippen molar-refractivity contribution < 1.29 is 4.79 Å². The second-order valence-corrected chi connectivity index (χ2v) is 5.08. The molecule has 0 radical (unpaired) electrons. The Balaban J connectivity index is 1.78. The maximum absolute atomic E-state index is 11.5. The fourth-order valence-electron chi connectivity index (χ4n) is 2.22. The Kier molecular flexibility index (Phi) is 5.31. The third-order valence-corrected chi connectivity index (χ3v) is 3.57. The summed E-state index contributed by atoms with van der Waals surface area (Å²) < 4.78 is 0. The number of piperazine rings is 1. The summed E-state index contributed by atoms with van der Waals surface area (Å²) in [4.78, 5) is 20.4. The average Bonchev–Trinajstić information content (AvgIpc) is 2.49. The van der Waals surface area contributed by atoms with Crippen LogP contribution in [0.2, 0.25) is 0 Å². The van der Waals surface area contributed by atoms with E-state index in [2.05, 4.69) is 32.5 Å². The Labute approximate surface area is 120 Å². The van der Waals surface area contributed by atoms with Crippen LogP contribution in [0.1, 0.15) is 10.5 Å². The summed E-state index contributed by atoms with van der Waals surface area (Å²) >= 11 is 0. The van der Waals surface area contributed by atoms with Crippen LogP contribution in [0.5, 0.6) is 0 Å². The van der Waals surface area contributed by atoms with E-state index < -0.39 is 0 Å². The van der Waals surface area contributed by atoms with Crippen molar-refractivity contribution in [3.05, 3.63) is 24.0 Å². The molecule has 2 heterocycles. The van der Waals surface area contributed by atoms with E-state index in [0.717, 1.165) is 45.0 Å². The molecular weight excluding hydrogens is 254 g/mol. The van der Waals surface area contributed by atoms with Crippen molar-refractivity contribution in [3.8, 4) is 0 Å². The van der Waals surface area contributed by atoms with E-state index in [1.807, 2.05) is 6.07 Å². The van der Waals surface area contributed by atoms with Crippen molar-refractivity contribution in [3.63, 3.8) is 0 Å². The lowest BCUT2D eigenvalue weighted by molar-refractivity contribution is 0.0958. The Morgan fingerprint density at radius 3 is 2.80 bits per heavy atom. The minimum atomic E-state index is -0.160. The smallest absolute Gasteiger partial charge is 0.269 e. The van der Waals surface area contributed by atoms with Gasteiger partial charge in [0.05, 0.1) is 0 Å². The highest BCUT2D eigenvalue weighted by Gasteiger charge is 2.12. The summed E-state index contributed by atoms with van der Waals surface area (Å²) in [6, 6.07) is 3.67. The standard InChI is InChI=1S/C14H23N5O/c1-15-14(20)13-11-12(3-4-17-13)16-5-6-19-9-7-18(2)8-10-19/h3-4,11H,5-10H2,1-2H3,(H,15,20)(H,16,17). The van der Waals surface area contributed by atoms with Gasteiger partial charge in [-0.15, -0.1) is 0 Å². The van der Waals surface area contributed by atoms with Crippen molar-refractivity contribution in [1.82, 2.24) is 20.1 Å². The molecule has 0 aliphatic carbocycles. The van der Waals surface area contributed by atoms with Gasteiger partial charge in [0.15, 0.2) is 0 Å². The number of anilines is 1. The van der Waals surface area contributed by atoms with Gasteiger partial charge in [-0.25, -0.2) is 0 Å². The van der Waals surface area contributed by atoms with Gasteiger partial charge in [0.2, 0.25) is 0 Å². The molecule has 6 heteroatoms. The lowest BCUT2D eigenvalue weighted by Gasteiger charge is -2.32. The average molecular weight is 277 g/mol. The molecule has 1 amide bonds. The second kappa shape index (κ2) is 7.21. The van der Waals surface area contributed by atoms with Crippen molar-refractivity contribution >= 4 is 11.6 Å². The van der Waals surface area contributed by atoms with E-state index in [-0.39, 0.29) is 5.91 Å². The molecule has 1 saturated heterocycles. The first kappa shape index (κ1) is 14.7. The number of nitrogens with one attached hydrogen (secondary N) is 2. The maximum Gasteiger partial charge on any atom is 0.269 e. The zero-order chi connectivity index (χ0) is 14.4. The summed E-state index contributed by atoms with van der Waals surface area (Å²) in [5.74, 6) is -0.160. The molecule has 20 heavy (non-hydrogen) atoms. The highest BCUT2D eigenvalue weighted by molar-refractivity contribution is 5.92. The van der Waals surface area contributed by atoms with Crippen LogP contribution in [0.25, 0.3) is 0 Å². The van der Waals surface area contributed by atoms with Crippen LogP contribution in [0.3, 0.4) is 0 Å². The lowest BCUT2D eigenvalue weighted by Crippen LogP contribution is -2.45. The molecule has 0 saturated carbocycles. The normalized spacial score (nSPS) is 16.9. The molecule has 0 spiro atoms. The molecule has 1 aliphatic rings. The number of carbonyl (C=O) groups excluding carboxylic acids is 1. The Morgan fingerprint density at radius 1 is 1.35 bits per heavy atom. The molecular formula is C14H23N5O. The number of pyridine rings is 1. The van der Waals surface area contributed by atoms with E-state index in [1.165, 1.54) is 0 Å². The topological polar surface area (TPSA) is 60.5 Å². The van der Waals surface area contributed by atoms with Crippen molar-refractivity contribution in [2.75, 3.05) is 58.7 Å². The van der Waals surface area contributed by atoms with E-state index in [1.54, 1.807) is 19.3 Å². The van der Waals surface area contributed by atoms with Crippen molar-refractivity contribution in [1.29, 1.82) is 0 Å². The zero-order valence-electron chi connectivity index (χ0n) is 12.2. The highest BCUT2D eigenvalue weighted by atomic mass is 16.1. The minimum Gasteiger partial charge on any atom is -0.384 e. The number of amides is 1. The third kappa shape index (κ3) is 4.18. The summed E-state index contributed by atoms with van der Waals surface area (Å²) in [5, 5.41) is 5.93. The first-order chi connectivity index (χ1) is 9.69. The Bertz CT molecular complexity index is 443. The molecule has 0 bridgehead atoms. The number of aromatic nitrogens is 1. The number of carbonyl (C=O) groups is 1. The fourth-order valence-corrected chi connectivity index (χ4v) is 2.22. The monoisotopic (exact) mass is 277 g/mol. The molecule has 6 nitrogen and oxygen atoms in total. The van der Waals surface area contributed by atoms with Gasteiger partial charge in [-0.05, 0) is 19.2 Å². The van der Waals surface area contributed by atoms with Gasteiger partial charge in [-0.3, -0.25) is 14.7 Å². The van der Waals surface area contributed by atoms with Crippen LogP contribution >= 0.6 is 0 Å². The van der Waals surface area contributed by atoms with Gasteiger partial charge in [0.1, 0.15) is 5.69 Å². The molecule has 1 aliphatic heterocycles. The molecule has 110 valence electrons. The lowest BCUT2D eigenvalue weighted by atomic mass is 10.3. The molecule has 1 aromatic rings. The fraction of sp³-hybridized carbons (Fsp3) is 0.571.